The molecule has 0 aliphatic carbocycles. The van der Waals surface area contributed by atoms with Gasteiger partial charge in [0, 0.05) is 10.5 Å². The zero-order chi connectivity index (χ0) is 13.0. The first-order valence-corrected chi connectivity index (χ1v) is 5.05. The molecule has 1 rings (SSSR count). The Morgan fingerprint density at radius 1 is 1.59 bits per heavy atom. The number of halogens is 1. The Morgan fingerprint density at radius 3 is 2.71 bits per heavy atom. The molecule has 0 aliphatic rings. The van der Waals surface area contributed by atoms with E-state index in [-0.39, 0.29) is 11.3 Å². The topological polar surface area (TPSA) is 102 Å². The van der Waals surface area contributed by atoms with Crippen molar-refractivity contribution in [2.75, 3.05) is 7.11 Å². The SMILES string of the molecule is COC(=O)/C(=N\O)c1ccc(Br)cc1[N+](=O)[O-]. The highest BCUT2D eigenvalue weighted by Crippen LogP contribution is 2.24. The van der Waals surface area contributed by atoms with Crippen LogP contribution < -0.4 is 0 Å². The predicted molar refractivity (Wildman–Crippen MR) is 61.1 cm³/mol. The lowest BCUT2D eigenvalue weighted by Crippen LogP contribution is -2.18. The fourth-order valence-corrected chi connectivity index (χ4v) is 1.51. The monoisotopic (exact) mass is 302 g/mol. The quantitative estimate of drug-likeness (QED) is 0.301. The Bertz CT molecular complexity index is 500. The van der Waals surface area contributed by atoms with E-state index in [1.165, 1.54) is 18.2 Å². The lowest BCUT2D eigenvalue weighted by atomic mass is 10.1. The molecule has 1 N–H and O–H groups in total. The molecule has 90 valence electrons. The van der Waals surface area contributed by atoms with Gasteiger partial charge in [-0.05, 0) is 12.1 Å². The molecule has 0 saturated carbocycles. The Kier molecular flexibility index (Phi) is 4.16. The molecule has 0 amide bonds. The minimum absolute atomic E-state index is 0.118. The summed E-state index contributed by atoms with van der Waals surface area (Å²) < 4.78 is 4.83. The van der Waals surface area contributed by atoms with Crippen molar-refractivity contribution in [1.82, 2.24) is 0 Å². The van der Waals surface area contributed by atoms with E-state index in [4.69, 9.17) is 5.21 Å². The maximum atomic E-state index is 11.3. The smallest absolute Gasteiger partial charge is 0.361 e. The van der Waals surface area contributed by atoms with E-state index in [0.717, 1.165) is 7.11 Å². The lowest BCUT2D eigenvalue weighted by Gasteiger charge is -2.03. The van der Waals surface area contributed by atoms with Crippen LogP contribution in [0.25, 0.3) is 0 Å². The van der Waals surface area contributed by atoms with Crippen LogP contribution in [0.2, 0.25) is 0 Å². The zero-order valence-corrected chi connectivity index (χ0v) is 10.2. The second kappa shape index (κ2) is 5.39. The summed E-state index contributed by atoms with van der Waals surface area (Å²) in [5.41, 5.74) is -1.00. The molecular weight excluding hydrogens is 296 g/mol. The summed E-state index contributed by atoms with van der Waals surface area (Å²) in [5, 5.41) is 22.2. The van der Waals surface area contributed by atoms with Gasteiger partial charge in [0.15, 0.2) is 0 Å². The first-order chi connectivity index (χ1) is 8.01. The van der Waals surface area contributed by atoms with Gasteiger partial charge < -0.3 is 9.94 Å². The van der Waals surface area contributed by atoms with Gasteiger partial charge in [0.2, 0.25) is 5.71 Å². The number of carbonyl (C=O) groups excluding carboxylic acids is 1. The van der Waals surface area contributed by atoms with E-state index in [1.807, 2.05) is 0 Å². The molecule has 0 heterocycles. The number of nitro benzene ring substituents is 1. The van der Waals surface area contributed by atoms with Crippen LogP contribution >= 0.6 is 15.9 Å². The number of oxime groups is 1. The molecule has 0 atom stereocenters. The van der Waals surface area contributed by atoms with Crippen molar-refractivity contribution in [2.24, 2.45) is 5.16 Å². The molecule has 0 spiro atoms. The molecule has 0 fully saturated rings. The van der Waals surface area contributed by atoms with Crippen molar-refractivity contribution in [3.8, 4) is 0 Å². The predicted octanol–water partition coefficient (Wildman–Crippen LogP) is 1.71. The van der Waals surface area contributed by atoms with Gasteiger partial charge in [0.05, 0.1) is 17.6 Å². The number of hydrogen-bond acceptors (Lipinski definition) is 6. The molecule has 1 aromatic carbocycles. The number of esters is 1. The molecular formula is C9H7BrN2O5. The van der Waals surface area contributed by atoms with Gasteiger partial charge in [-0.3, -0.25) is 10.1 Å². The number of ether oxygens (including phenoxy) is 1. The molecule has 0 saturated heterocycles. The average molecular weight is 303 g/mol. The highest BCUT2D eigenvalue weighted by Gasteiger charge is 2.25. The lowest BCUT2D eigenvalue weighted by molar-refractivity contribution is -0.385. The fourth-order valence-electron chi connectivity index (χ4n) is 1.16. The van der Waals surface area contributed by atoms with Crippen LogP contribution in [0.1, 0.15) is 5.56 Å². The van der Waals surface area contributed by atoms with E-state index in [2.05, 4.69) is 25.8 Å². The number of carbonyl (C=O) groups is 1. The first-order valence-electron chi connectivity index (χ1n) is 4.26. The van der Waals surface area contributed by atoms with E-state index in [0.29, 0.717) is 4.47 Å². The van der Waals surface area contributed by atoms with E-state index < -0.39 is 16.6 Å². The molecule has 0 bridgehead atoms. The van der Waals surface area contributed by atoms with Crippen LogP contribution in [0.5, 0.6) is 0 Å². The molecule has 17 heavy (non-hydrogen) atoms. The summed E-state index contributed by atoms with van der Waals surface area (Å²) in [5.74, 6) is -0.960. The molecule has 8 heteroatoms. The summed E-state index contributed by atoms with van der Waals surface area (Å²) >= 11 is 3.07. The van der Waals surface area contributed by atoms with Crippen molar-refractivity contribution in [3.63, 3.8) is 0 Å². The summed E-state index contributed by atoms with van der Waals surface area (Å²) in [6, 6.07) is 3.97. The normalized spacial score (nSPS) is 11.1. The van der Waals surface area contributed by atoms with Gasteiger partial charge in [-0.2, -0.15) is 0 Å². The Balaban J connectivity index is 3.39. The molecule has 7 nitrogen and oxygen atoms in total. The largest absolute Gasteiger partial charge is 0.464 e. The van der Waals surface area contributed by atoms with Crippen LogP contribution in [-0.4, -0.2) is 28.9 Å². The van der Waals surface area contributed by atoms with Crippen molar-refractivity contribution in [2.45, 2.75) is 0 Å². The standard InChI is InChI=1S/C9H7BrN2O5/c1-17-9(13)8(11-14)6-3-2-5(10)4-7(6)12(15)16/h2-4,14H,1H3/b11-8-. The third kappa shape index (κ3) is 2.78. The minimum Gasteiger partial charge on any atom is -0.464 e. The van der Waals surface area contributed by atoms with Crippen molar-refractivity contribution in [1.29, 1.82) is 0 Å². The average Bonchev–Trinajstić information content (AvgIpc) is 2.31. The molecule has 0 unspecified atom stereocenters. The van der Waals surface area contributed by atoms with E-state index in [1.54, 1.807) is 0 Å². The van der Waals surface area contributed by atoms with Crippen LogP contribution in [0.15, 0.2) is 27.8 Å². The fraction of sp³-hybridized carbons (Fsp3) is 0.111. The number of nitrogens with zero attached hydrogens (tertiary/aromatic N) is 2. The molecule has 0 aromatic heterocycles. The second-order valence-corrected chi connectivity index (χ2v) is 3.77. The number of hydrogen-bond donors (Lipinski definition) is 1. The number of methoxy groups -OCH3 is 1. The summed E-state index contributed by atoms with van der Waals surface area (Å²) in [6.45, 7) is 0. The van der Waals surface area contributed by atoms with Crippen LogP contribution in [0, 0.1) is 10.1 Å². The van der Waals surface area contributed by atoms with Gasteiger partial charge in [0.1, 0.15) is 0 Å². The third-order valence-electron chi connectivity index (χ3n) is 1.89. The third-order valence-corrected chi connectivity index (χ3v) is 2.38. The van der Waals surface area contributed by atoms with Crippen LogP contribution in [0.3, 0.4) is 0 Å². The molecule has 1 aromatic rings. The Hall–Kier alpha value is -1.96. The van der Waals surface area contributed by atoms with Crippen molar-refractivity contribution >= 4 is 33.3 Å². The van der Waals surface area contributed by atoms with Gasteiger partial charge in [-0.15, -0.1) is 0 Å². The number of nitro groups is 1. The Labute approximate surface area is 104 Å². The highest BCUT2D eigenvalue weighted by molar-refractivity contribution is 9.10. The molecule has 0 aliphatic heterocycles. The Morgan fingerprint density at radius 2 is 2.24 bits per heavy atom. The van der Waals surface area contributed by atoms with Gasteiger partial charge >= 0.3 is 5.97 Å². The van der Waals surface area contributed by atoms with E-state index >= 15 is 0 Å². The first kappa shape index (κ1) is 13.1. The number of benzene rings is 1. The second-order valence-electron chi connectivity index (χ2n) is 2.86. The van der Waals surface area contributed by atoms with Gasteiger partial charge in [0.25, 0.3) is 5.69 Å². The zero-order valence-electron chi connectivity index (χ0n) is 8.58. The maximum Gasteiger partial charge on any atom is 0.361 e. The van der Waals surface area contributed by atoms with Crippen molar-refractivity contribution < 1.29 is 19.7 Å². The van der Waals surface area contributed by atoms with E-state index in [9.17, 15) is 14.9 Å². The molecule has 0 radical (unpaired) electrons. The van der Waals surface area contributed by atoms with Gasteiger partial charge in [-0.25, -0.2) is 4.79 Å². The van der Waals surface area contributed by atoms with Crippen LogP contribution in [-0.2, 0) is 9.53 Å². The minimum atomic E-state index is -0.960. The summed E-state index contributed by atoms with van der Waals surface area (Å²) in [7, 11) is 1.08. The number of rotatable bonds is 3. The summed E-state index contributed by atoms with van der Waals surface area (Å²) in [4.78, 5) is 21.4. The van der Waals surface area contributed by atoms with Gasteiger partial charge in [-0.1, -0.05) is 21.1 Å². The maximum absolute atomic E-state index is 11.3. The highest BCUT2D eigenvalue weighted by atomic mass is 79.9. The summed E-state index contributed by atoms with van der Waals surface area (Å²) in [6.07, 6.45) is 0. The van der Waals surface area contributed by atoms with Crippen LogP contribution in [0.4, 0.5) is 5.69 Å². The van der Waals surface area contributed by atoms with Crippen molar-refractivity contribution in [3.05, 3.63) is 38.3 Å².